The van der Waals surface area contributed by atoms with Crippen molar-refractivity contribution in [3.8, 4) is 23.0 Å². The Morgan fingerprint density at radius 3 is 2.84 bits per heavy atom. The third kappa shape index (κ3) is 4.29. The highest BCUT2D eigenvalue weighted by molar-refractivity contribution is 5.95. The van der Waals surface area contributed by atoms with E-state index in [4.69, 9.17) is 14.5 Å². The van der Waals surface area contributed by atoms with Crippen molar-refractivity contribution in [2.24, 2.45) is 5.92 Å². The zero-order valence-corrected chi connectivity index (χ0v) is 18.1. The van der Waals surface area contributed by atoms with Gasteiger partial charge >= 0.3 is 0 Å². The van der Waals surface area contributed by atoms with Gasteiger partial charge in [0.05, 0.1) is 36.9 Å². The number of para-hydroxylation sites is 1. The molecule has 8 nitrogen and oxygen atoms in total. The molecule has 0 spiro atoms. The van der Waals surface area contributed by atoms with Crippen molar-refractivity contribution < 1.29 is 14.3 Å². The first-order chi connectivity index (χ1) is 15.1. The lowest BCUT2D eigenvalue weighted by atomic mass is 9.99. The van der Waals surface area contributed by atoms with Crippen LogP contribution in [0, 0.1) is 5.92 Å². The highest BCUT2D eigenvalue weighted by Gasteiger charge is 2.27. The number of rotatable bonds is 6. The number of likely N-dealkylation sites (tertiary alicyclic amines) is 1. The molecule has 0 unspecified atom stereocenters. The third-order valence-electron chi connectivity index (χ3n) is 5.54. The normalized spacial score (nSPS) is 16.4. The van der Waals surface area contributed by atoms with Gasteiger partial charge < -0.3 is 14.4 Å². The van der Waals surface area contributed by atoms with Crippen LogP contribution < -0.4 is 4.74 Å². The fourth-order valence-electron chi connectivity index (χ4n) is 4.00. The standard InChI is InChI=1S/C23H27N5O3/c1-16-7-6-12-27(14-16)22(29)18-13-25-28(20(18)15-30-2)23-24-11-10-19(26-23)17-8-4-5-9-21(17)31-3/h4-5,8-11,13,16H,6-7,12,14-15H2,1-3H3/t16-/m1/s1. The highest BCUT2D eigenvalue weighted by atomic mass is 16.5. The van der Waals surface area contributed by atoms with Crippen LogP contribution >= 0.6 is 0 Å². The summed E-state index contributed by atoms with van der Waals surface area (Å²) in [6.45, 7) is 3.93. The van der Waals surface area contributed by atoms with Gasteiger partial charge in [-0.2, -0.15) is 9.78 Å². The number of nitrogens with zero attached hydrogens (tertiary/aromatic N) is 5. The Morgan fingerprint density at radius 1 is 1.23 bits per heavy atom. The molecule has 1 aliphatic rings. The van der Waals surface area contributed by atoms with Crippen LogP contribution in [0.5, 0.6) is 5.75 Å². The summed E-state index contributed by atoms with van der Waals surface area (Å²) < 4.78 is 12.4. The summed E-state index contributed by atoms with van der Waals surface area (Å²) in [4.78, 5) is 24.2. The number of aromatic nitrogens is 4. The van der Waals surface area contributed by atoms with E-state index in [2.05, 4.69) is 17.0 Å². The zero-order valence-electron chi connectivity index (χ0n) is 18.1. The van der Waals surface area contributed by atoms with E-state index in [0.29, 0.717) is 28.8 Å². The van der Waals surface area contributed by atoms with Crippen LogP contribution in [0.4, 0.5) is 0 Å². The van der Waals surface area contributed by atoms with Crippen LogP contribution in [-0.4, -0.2) is 57.9 Å². The number of amides is 1. The lowest BCUT2D eigenvalue weighted by Crippen LogP contribution is -2.39. The Bertz CT molecular complexity index is 1060. The molecular formula is C23H27N5O3. The Hall–Kier alpha value is -3.26. The average molecular weight is 422 g/mol. The molecule has 0 bridgehead atoms. The largest absolute Gasteiger partial charge is 0.496 e. The van der Waals surface area contributed by atoms with E-state index in [9.17, 15) is 4.79 Å². The molecule has 0 aliphatic carbocycles. The quantitative estimate of drug-likeness (QED) is 0.607. The minimum Gasteiger partial charge on any atom is -0.496 e. The Morgan fingerprint density at radius 2 is 2.06 bits per heavy atom. The van der Waals surface area contributed by atoms with Gasteiger partial charge in [0.25, 0.3) is 11.9 Å². The van der Waals surface area contributed by atoms with E-state index in [0.717, 1.165) is 37.2 Å². The smallest absolute Gasteiger partial charge is 0.257 e. The van der Waals surface area contributed by atoms with E-state index >= 15 is 0 Å². The van der Waals surface area contributed by atoms with Gasteiger partial charge in [0.1, 0.15) is 5.75 Å². The van der Waals surface area contributed by atoms with Crippen LogP contribution in [0.1, 0.15) is 35.8 Å². The molecule has 3 aromatic rings. The molecule has 0 saturated carbocycles. The Balaban J connectivity index is 1.71. The molecule has 1 aromatic carbocycles. The molecule has 1 fully saturated rings. The van der Waals surface area contributed by atoms with Crippen LogP contribution in [0.25, 0.3) is 17.2 Å². The average Bonchev–Trinajstić information content (AvgIpc) is 3.22. The summed E-state index contributed by atoms with van der Waals surface area (Å²) >= 11 is 0. The second kappa shape index (κ2) is 9.26. The number of carbonyl (C=O) groups excluding carboxylic acids is 1. The van der Waals surface area contributed by atoms with Gasteiger partial charge in [0, 0.05) is 32.0 Å². The summed E-state index contributed by atoms with van der Waals surface area (Å²) in [5, 5.41) is 4.45. The molecule has 1 aliphatic heterocycles. The van der Waals surface area contributed by atoms with E-state index in [1.54, 1.807) is 31.3 Å². The van der Waals surface area contributed by atoms with Crippen molar-refractivity contribution in [1.82, 2.24) is 24.6 Å². The molecule has 1 atom stereocenters. The first-order valence-electron chi connectivity index (χ1n) is 10.4. The minimum absolute atomic E-state index is 0.0225. The van der Waals surface area contributed by atoms with Crippen LogP contribution in [0.3, 0.4) is 0 Å². The van der Waals surface area contributed by atoms with Crippen molar-refractivity contribution in [2.45, 2.75) is 26.4 Å². The SMILES string of the molecule is COCc1c(C(=O)N2CCC[C@@H](C)C2)cnn1-c1nccc(-c2ccccc2OC)n1. The third-order valence-corrected chi connectivity index (χ3v) is 5.54. The van der Waals surface area contributed by atoms with Gasteiger partial charge in [-0.3, -0.25) is 4.79 Å². The van der Waals surface area contributed by atoms with Crippen molar-refractivity contribution >= 4 is 5.91 Å². The maximum atomic E-state index is 13.2. The van der Waals surface area contributed by atoms with Crippen LogP contribution in [0.15, 0.2) is 42.7 Å². The molecule has 162 valence electrons. The van der Waals surface area contributed by atoms with E-state index in [-0.39, 0.29) is 12.5 Å². The summed E-state index contributed by atoms with van der Waals surface area (Å²) in [5.41, 5.74) is 2.73. The summed E-state index contributed by atoms with van der Waals surface area (Å²) in [7, 11) is 3.23. The highest BCUT2D eigenvalue weighted by Crippen LogP contribution is 2.28. The zero-order chi connectivity index (χ0) is 21.8. The van der Waals surface area contributed by atoms with Crippen LogP contribution in [-0.2, 0) is 11.3 Å². The van der Waals surface area contributed by atoms with Gasteiger partial charge in [-0.25, -0.2) is 9.97 Å². The van der Waals surface area contributed by atoms with Crippen molar-refractivity contribution in [3.05, 3.63) is 54.0 Å². The molecule has 0 radical (unpaired) electrons. The predicted octanol–water partition coefficient (Wildman–Crippen LogP) is 3.36. The van der Waals surface area contributed by atoms with Gasteiger partial charge in [-0.15, -0.1) is 0 Å². The monoisotopic (exact) mass is 421 g/mol. The topological polar surface area (TPSA) is 82.4 Å². The molecule has 2 aromatic heterocycles. The number of benzene rings is 1. The lowest BCUT2D eigenvalue weighted by molar-refractivity contribution is 0.0678. The summed E-state index contributed by atoms with van der Waals surface area (Å²) in [6.07, 6.45) is 5.44. The maximum Gasteiger partial charge on any atom is 0.257 e. The fraction of sp³-hybridized carbons (Fsp3) is 0.391. The molecule has 8 heteroatoms. The van der Waals surface area contributed by atoms with E-state index < -0.39 is 0 Å². The second-order valence-corrected chi connectivity index (χ2v) is 7.79. The number of hydrogen-bond donors (Lipinski definition) is 0. The summed E-state index contributed by atoms with van der Waals surface area (Å²) in [6, 6.07) is 9.49. The lowest BCUT2D eigenvalue weighted by Gasteiger charge is -2.30. The number of carbonyl (C=O) groups is 1. The van der Waals surface area contributed by atoms with Gasteiger partial charge in [0.15, 0.2) is 0 Å². The molecule has 4 rings (SSSR count). The first kappa shape index (κ1) is 21.0. The molecule has 3 heterocycles. The number of hydrogen-bond acceptors (Lipinski definition) is 6. The van der Waals surface area contributed by atoms with Gasteiger partial charge in [-0.05, 0) is 37.0 Å². The van der Waals surface area contributed by atoms with E-state index in [1.807, 2.05) is 35.2 Å². The van der Waals surface area contributed by atoms with Crippen molar-refractivity contribution in [2.75, 3.05) is 27.3 Å². The number of piperidine rings is 1. The minimum atomic E-state index is -0.0225. The van der Waals surface area contributed by atoms with Gasteiger partial charge in [-0.1, -0.05) is 19.1 Å². The number of methoxy groups -OCH3 is 2. The molecule has 31 heavy (non-hydrogen) atoms. The van der Waals surface area contributed by atoms with Crippen molar-refractivity contribution in [3.63, 3.8) is 0 Å². The van der Waals surface area contributed by atoms with Crippen LogP contribution in [0.2, 0.25) is 0 Å². The van der Waals surface area contributed by atoms with Crippen molar-refractivity contribution in [1.29, 1.82) is 0 Å². The molecule has 1 saturated heterocycles. The van der Waals surface area contributed by atoms with Gasteiger partial charge in [0.2, 0.25) is 0 Å². The fourth-order valence-corrected chi connectivity index (χ4v) is 4.00. The van der Waals surface area contributed by atoms with E-state index in [1.165, 1.54) is 0 Å². The Kier molecular flexibility index (Phi) is 6.27. The molecular weight excluding hydrogens is 394 g/mol. The second-order valence-electron chi connectivity index (χ2n) is 7.79. The molecule has 1 amide bonds. The first-order valence-corrected chi connectivity index (χ1v) is 10.4. The maximum absolute atomic E-state index is 13.2. The Labute approximate surface area is 181 Å². The number of ether oxygens (including phenoxy) is 2. The predicted molar refractivity (Wildman–Crippen MR) is 116 cm³/mol. The summed E-state index contributed by atoms with van der Waals surface area (Å²) in [5.74, 6) is 1.58. The molecule has 0 N–H and O–H groups in total.